The molecule has 0 atom stereocenters. The molecule has 150 valence electrons. The Morgan fingerprint density at radius 3 is 2.36 bits per heavy atom. The Bertz CT molecular complexity index is 848. The standard InChI is InChI=1S/C20H26N4O4/c1-26-13-8-9-14(15(12-13)27-2)16-19(24-10-6-4-5-7-11-24)23-18(21)17(22-16)20(25)28-3/h8-9,12H,4-7,10-11H2,1-3H3,(H2,21,23). The van der Waals surface area contributed by atoms with Crippen molar-refractivity contribution < 1.29 is 19.0 Å². The number of methoxy groups -OCH3 is 3. The molecule has 1 saturated heterocycles. The minimum Gasteiger partial charge on any atom is -0.497 e. The van der Waals surface area contributed by atoms with Crippen LogP contribution in [0.15, 0.2) is 18.2 Å². The smallest absolute Gasteiger partial charge is 0.360 e. The molecule has 28 heavy (non-hydrogen) atoms. The molecule has 2 N–H and O–H groups in total. The van der Waals surface area contributed by atoms with Crippen molar-refractivity contribution in [1.29, 1.82) is 0 Å². The zero-order chi connectivity index (χ0) is 20.1. The zero-order valence-corrected chi connectivity index (χ0v) is 16.5. The van der Waals surface area contributed by atoms with Crippen LogP contribution in [0.3, 0.4) is 0 Å². The van der Waals surface area contributed by atoms with E-state index in [1.54, 1.807) is 20.3 Å². The number of hydrogen-bond donors (Lipinski definition) is 1. The van der Waals surface area contributed by atoms with Gasteiger partial charge in [-0.15, -0.1) is 0 Å². The minimum atomic E-state index is -0.624. The highest BCUT2D eigenvalue weighted by molar-refractivity contribution is 5.94. The average molecular weight is 386 g/mol. The number of nitrogen functional groups attached to an aromatic ring is 1. The second kappa shape index (κ2) is 8.77. The van der Waals surface area contributed by atoms with E-state index in [9.17, 15) is 4.79 Å². The van der Waals surface area contributed by atoms with Crippen molar-refractivity contribution in [3.63, 3.8) is 0 Å². The van der Waals surface area contributed by atoms with Gasteiger partial charge in [0, 0.05) is 24.7 Å². The lowest BCUT2D eigenvalue weighted by atomic mass is 10.1. The van der Waals surface area contributed by atoms with Gasteiger partial charge in [-0.3, -0.25) is 0 Å². The summed E-state index contributed by atoms with van der Waals surface area (Å²) in [5.41, 5.74) is 7.30. The maximum atomic E-state index is 12.1. The number of hydrogen-bond acceptors (Lipinski definition) is 8. The predicted octanol–water partition coefficient (Wildman–Crippen LogP) is 2.91. The van der Waals surface area contributed by atoms with Gasteiger partial charge >= 0.3 is 5.97 Å². The van der Waals surface area contributed by atoms with Gasteiger partial charge in [-0.1, -0.05) is 12.8 Å². The van der Waals surface area contributed by atoms with Gasteiger partial charge in [-0.25, -0.2) is 14.8 Å². The molecule has 2 heterocycles. The highest BCUT2D eigenvalue weighted by Crippen LogP contribution is 2.38. The van der Waals surface area contributed by atoms with Crippen LogP contribution in [0.5, 0.6) is 11.5 Å². The number of aromatic nitrogens is 2. The van der Waals surface area contributed by atoms with E-state index in [0.29, 0.717) is 28.6 Å². The molecule has 0 spiro atoms. The molecular weight excluding hydrogens is 360 g/mol. The lowest BCUT2D eigenvalue weighted by Gasteiger charge is -2.25. The molecular formula is C20H26N4O4. The number of benzene rings is 1. The first-order chi connectivity index (χ1) is 13.6. The number of carbonyl (C=O) groups excluding carboxylic acids is 1. The van der Waals surface area contributed by atoms with E-state index in [0.717, 1.165) is 25.9 Å². The molecule has 0 unspecified atom stereocenters. The van der Waals surface area contributed by atoms with Crippen molar-refractivity contribution in [2.75, 3.05) is 45.1 Å². The Balaban J connectivity index is 2.20. The van der Waals surface area contributed by atoms with Crippen LogP contribution in [0.25, 0.3) is 11.3 Å². The third kappa shape index (κ3) is 3.95. The second-order valence-corrected chi connectivity index (χ2v) is 6.59. The molecule has 1 fully saturated rings. The second-order valence-electron chi connectivity index (χ2n) is 6.59. The summed E-state index contributed by atoms with van der Waals surface area (Å²) in [5.74, 6) is 1.32. The normalized spacial score (nSPS) is 14.3. The summed E-state index contributed by atoms with van der Waals surface area (Å²) >= 11 is 0. The van der Waals surface area contributed by atoms with Crippen LogP contribution >= 0.6 is 0 Å². The minimum absolute atomic E-state index is 0.00561. The van der Waals surface area contributed by atoms with Crippen molar-refractivity contribution >= 4 is 17.6 Å². The molecule has 8 nitrogen and oxygen atoms in total. The van der Waals surface area contributed by atoms with Gasteiger partial charge in [-0.2, -0.15) is 0 Å². The summed E-state index contributed by atoms with van der Waals surface area (Å²) in [6.45, 7) is 1.72. The van der Waals surface area contributed by atoms with Gasteiger partial charge in [0.1, 0.15) is 17.2 Å². The molecule has 1 aliphatic rings. The number of anilines is 2. The van der Waals surface area contributed by atoms with Gasteiger partial charge in [0.05, 0.1) is 21.3 Å². The van der Waals surface area contributed by atoms with E-state index in [1.807, 2.05) is 12.1 Å². The molecule has 2 aromatic rings. The largest absolute Gasteiger partial charge is 0.497 e. The Morgan fingerprint density at radius 2 is 1.75 bits per heavy atom. The van der Waals surface area contributed by atoms with E-state index in [-0.39, 0.29) is 11.5 Å². The van der Waals surface area contributed by atoms with Crippen molar-refractivity contribution in [1.82, 2.24) is 9.97 Å². The molecule has 8 heteroatoms. The van der Waals surface area contributed by atoms with E-state index < -0.39 is 5.97 Å². The SMILES string of the molecule is COC(=O)c1nc(-c2ccc(OC)cc2OC)c(N2CCCCCC2)nc1N. The van der Waals surface area contributed by atoms with Gasteiger partial charge in [0.25, 0.3) is 0 Å². The Hall–Kier alpha value is -3.03. The third-order valence-electron chi connectivity index (χ3n) is 4.85. The molecule has 1 aromatic heterocycles. The number of nitrogens with two attached hydrogens (primary N) is 1. The van der Waals surface area contributed by atoms with Crippen LogP contribution in [0.2, 0.25) is 0 Å². The Morgan fingerprint density at radius 1 is 1.04 bits per heavy atom. The van der Waals surface area contributed by atoms with E-state index >= 15 is 0 Å². The monoisotopic (exact) mass is 386 g/mol. The van der Waals surface area contributed by atoms with Crippen molar-refractivity contribution in [3.8, 4) is 22.8 Å². The number of esters is 1. The van der Waals surface area contributed by atoms with Gasteiger partial charge in [0.15, 0.2) is 17.3 Å². The maximum Gasteiger partial charge on any atom is 0.360 e. The van der Waals surface area contributed by atoms with Gasteiger partial charge < -0.3 is 24.8 Å². The van der Waals surface area contributed by atoms with Crippen LogP contribution in [0.4, 0.5) is 11.6 Å². The van der Waals surface area contributed by atoms with Crippen LogP contribution in [0.1, 0.15) is 36.2 Å². The van der Waals surface area contributed by atoms with Crippen molar-refractivity contribution in [2.45, 2.75) is 25.7 Å². The first-order valence-corrected chi connectivity index (χ1v) is 9.32. The lowest BCUT2D eigenvalue weighted by molar-refractivity contribution is 0.0595. The summed E-state index contributed by atoms with van der Waals surface area (Å²) < 4.78 is 15.7. The average Bonchev–Trinajstić information content (AvgIpc) is 3.02. The number of ether oxygens (including phenoxy) is 3. The molecule has 0 radical (unpaired) electrons. The van der Waals surface area contributed by atoms with E-state index in [4.69, 9.17) is 19.9 Å². The Kier molecular flexibility index (Phi) is 6.18. The number of rotatable bonds is 5. The van der Waals surface area contributed by atoms with E-state index in [1.165, 1.54) is 20.0 Å². The summed E-state index contributed by atoms with van der Waals surface area (Å²) in [5, 5.41) is 0. The number of nitrogens with zero attached hydrogens (tertiary/aromatic N) is 3. The summed E-state index contributed by atoms with van der Waals surface area (Å²) in [7, 11) is 4.46. The molecule has 1 aliphatic heterocycles. The lowest BCUT2D eigenvalue weighted by Crippen LogP contribution is -2.27. The van der Waals surface area contributed by atoms with Crippen LogP contribution in [0, 0.1) is 0 Å². The molecule has 0 bridgehead atoms. The first-order valence-electron chi connectivity index (χ1n) is 9.32. The maximum absolute atomic E-state index is 12.1. The topological polar surface area (TPSA) is 99.8 Å². The van der Waals surface area contributed by atoms with Crippen molar-refractivity contribution in [3.05, 3.63) is 23.9 Å². The number of carbonyl (C=O) groups is 1. The van der Waals surface area contributed by atoms with E-state index in [2.05, 4.69) is 14.9 Å². The fourth-order valence-electron chi connectivity index (χ4n) is 3.36. The van der Waals surface area contributed by atoms with Crippen molar-refractivity contribution in [2.24, 2.45) is 0 Å². The fourth-order valence-corrected chi connectivity index (χ4v) is 3.36. The highest BCUT2D eigenvalue weighted by Gasteiger charge is 2.25. The fraction of sp³-hybridized carbons (Fsp3) is 0.450. The summed E-state index contributed by atoms with van der Waals surface area (Å²) in [6.07, 6.45) is 4.50. The molecule has 0 aliphatic carbocycles. The first kappa shape index (κ1) is 19.7. The van der Waals surface area contributed by atoms with Crippen LogP contribution in [-0.2, 0) is 4.74 Å². The van der Waals surface area contributed by atoms with Crippen LogP contribution < -0.4 is 20.1 Å². The van der Waals surface area contributed by atoms with Gasteiger partial charge in [-0.05, 0) is 25.0 Å². The van der Waals surface area contributed by atoms with Crippen LogP contribution in [-0.4, -0.2) is 50.4 Å². The summed E-state index contributed by atoms with van der Waals surface area (Å²) in [4.78, 5) is 23.4. The predicted molar refractivity (Wildman–Crippen MR) is 107 cm³/mol. The highest BCUT2D eigenvalue weighted by atomic mass is 16.5. The molecule has 1 aromatic carbocycles. The molecule has 0 amide bonds. The third-order valence-corrected chi connectivity index (χ3v) is 4.85. The van der Waals surface area contributed by atoms with Gasteiger partial charge in [0.2, 0.25) is 0 Å². The zero-order valence-electron chi connectivity index (χ0n) is 16.5. The molecule has 3 rings (SSSR count). The molecule has 0 saturated carbocycles. The summed E-state index contributed by atoms with van der Waals surface area (Å²) in [6, 6.07) is 5.44. The quantitative estimate of drug-likeness (QED) is 0.783. The Labute approximate surface area is 164 Å².